The maximum Gasteiger partial charge on any atom is 0.337 e. The molecule has 32 heavy (non-hydrogen) atoms. The van der Waals surface area contributed by atoms with Crippen molar-refractivity contribution in [1.82, 2.24) is 0 Å². The van der Waals surface area contributed by atoms with Gasteiger partial charge in [-0.1, -0.05) is 0 Å². The smallest absolute Gasteiger partial charge is 0.337 e. The Morgan fingerprint density at radius 2 is 1.22 bits per heavy atom. The number of amides is 2. The molecule has 0 aromatic heterocycles. The van der Waals surface area contributed by atoms with Gasteiger partial charge in [0.2, 0.25) is 5.91 Å². The zero-order valence-electron chi connectivity index (χ0n) is 17.7. The highest BCUT2D eigenvalue weighted by Gasteiger charge is 2.08. The standard InChI is InChI=1S/C24H23N3O5/c1-31-21-13-11-20(12-14-21)27-23(29)16-3-9-19(10-4-16)26-22(28)15-25-18-7-5-17(6-8-18)24(30)32-2/h3-14,25H,15H2,1-2H3,(H,26,28)(H,27,29). The Morgan fingerprint density at radius 1 is 0.688 bits per heavy atom. The van der Waals surface area contributed by atoms with Crippen LogP contribution in [0.4, 0.5) is 17.1 Å². The fraction of sp³-hybridized carbons (Fsp3) is 0.125. The summed E-state index contributed by atoms with van der Waals surface area (Å²) in [6.45, 7) is 0.0390. The molecule has 0 aliphatic carbocycles. The van der Waals surface area contributed by atoms with Crippen molar-refractivity contribution in [1.29, 1.82) is 0 Å². The van der Waals surface area contributed by atoms with E-state index in [0.29, 0.717) is 33.9 Å². The minimum absolute atomic E-state index is 0.0390. The molecule has 3 aromatic rings. The first-order valence-electron chi connectivity index (χ1n) is 9.76. The molecule has 0 heterocycles. The molecule has 0 aliphatic heterocycles. The Bertz CT molecular complexity index is 1080. The van der Waals surface area contributed by atoms with E-state index in [-0.39, 0.29) is 18.4 Å². The highest BCUT2D eigenvalue weighted by atomic mass is 16.5. The molecule has 0 spiro atoms. The normalized spacial score (nSPS) is 10.1. The van der Waals surface area contributed by atoms with E-state index in [0.717, 1.165) is 0 Å². The molecule has 0 unspecified atom stereocenters. The summed E-state index contributed by atoms with van der Waals surface area (Å²) >= 11 is 0. The Hall–Kier alpha value is -4.33. The molecule has 3 aromatic carbocycles. The monoisotopic (exact) mass is 433 g/mol. The predicted molar refractivity (Wildman–Crippen MR) is 122 cm³/mol. The third-order valence-corrected chi connectivity index (χ3v) is 4.54. The van der Waals surface area contributed by atoms with Gasteiger partial charge in [-0.25, -0.2) is 4.79 Å². The Labute approximate surface area is 185 Å². The average molecular weight is 433 g/mol. The number of carbonyl (C=O) groups is 3. The molecule has 0 bridgehead atoms. The van der Waals surface area contributed by atoms with E-state index in [1.807, 2.05) is 0 Å². The second-order valence-electron chi connectivity index (χ2n) is 6.73. The molecule has 8 heteroatoms. The van der Waals surface area contributed by atoms with E-state index in [9.17, 15) is 14.4 Å². The lowest BCUT2D eigenvalue weighted by Crippen LogP contribution is -2.21. The molecule has 0 saturated carbocycles. The van der Waals surface area contributed by atoms with E-state index in [4.69, 9.17) is 4.74 Å². The van der Waals surface area contributed by atoms with Crippen molar-refractivity contribution < 1.29 is 23.9 Å². The second kappa shape index (κ2) is 10.6. The van der Waals surface area contributed by atoms with Gasteiger partial charge in [-0.05, 0) is 72.8 Å². The van der Waals surface area contributed by atoms with Crippen molar-refractivity contribution in [2.75, 3.05) is 36.7 Å². The van der Waals surface area contributed by atoms with Gasteiger partial charge in [0.05, 0.1) is 26.3 Å². The average Bonchev–Trinajstić information content (AvgIpc) is 2.83. The molecular weight excluding hydrogens is 410 g/mol. The van der Waals surface area contributed by atoms with Crippen LogP contribution in [0.1, 0.15) is 20.7 Å². The van der Waals surface area contributed by atoms with Crippen LogP contribution in [0.5, 0.6) is 5.75 Å². The van der Waals surface area contributed by atoms with Crippen LogP contribution in [0.2, 0.25) is 0 Å². The van der Waals surface area contributed by atoms with Gasteiger partial charge < -0.3 is 25.4 Å². The largest absolute Gasteiger partial charge is 0.497 e. The Balaban J connectivity index is 1.49. The lowest BCUT2D eigenvalue weighted by Gasteiger charge is -2.09. The zero-order chi connectivity index (χ0) is 22.9. The maximum absolute atomic E-state index is 12.4. The number of ether oxygens (including phenoxy) is 2. The van der Waals surface area contributed by atoms with Gasteiger partial charge in [0.25, 0.3) is 5.91 Å². The summed E-state index contributed by atoms with van der Waals surface area (Å²) in [6, 6.07) is 20.2. The number of methoxy groups -OCH3 is 2. The summed E-state index contributed by atoms with van der Waals surface area (Å²) in [5, 5.41) is 8.54. The lowest BCUT2D eigenvalue weighted by atomic mass is 10.2. The molecule has 0 aliphatic rings. The van der Waals surface area contributed by atoms with Crippen molar-refractivity contribution >= 4 is 34.8 Å². The summed E-state index contributed by atoms with van der Waals surface area (Å²) in [5.41, 5.74) is 2.80. The number of carbonyl (C=O) groups excluding carboxylic acids is 3. The van der Waals surface area contributed by atoms with Gasteiger partial charge in [-0.3, -0.25) is 9.59 Å². The molecule has 0 fully saturated rings. The lowest BCUT2D eigenvalue weighted by molar-refractivity contribution is -0.114. The van der Waals surface area contributed by atoms with Gasteiger partial charge >= 0.3 is 5.97 Å². The summed E-state index contributed by atoms with van der Waals surface area (Å²) in [6.07, 6.45) is 0. The number of nitrogens with one attached hydrogen (secondary N) is 3. The summed E-state index contributed by atoms with van der Waals surface area (Å²) in [7, 11) is 2.90. The number of anilines is 3. The van der Waals surface area contributed by atoms with Crippen LogP contribution in [0.3, 0.4) is 0 Å². The fourth-order valence-electron chi connectivity index (χ4n) is 2.81. The molecule has 164 valence electrons. The number of hydrogen-bond acceptors (Lipinski definition) is 6. The number of rotatable bonds is 8. The minimum atomic E-state index is -0.421. The maximum atomic E-state index is 12.4. The van der Waals surface area contributed by atoms with Crippen LogP contribution in [-0.4, -0.2) is 38.5 Å². The Kier molecular flexibility index (Phi) is 7.42. The Morgan fingerprint density at radius 3 is 1.81 bits per heavy atom. The van der Waals surface area contributed by atoms with Crippen molar-refractivity contribution in [3.05, 3.63) is 83.9 Å². The van der Waals surface area contributed by atoms with Crippen LogP contribution >= 0.6 is 0 Å². The van der Waals surface area contributed by atoms with Crippen molar-refractivity contribution in [2.24, 2.45) is 0 Å². The predicted octanol–water partition coefficient (Wildman–Crippen LogP) is 3.78. The summed E-state index contributed by atoms with van der Waals surface area (Å²) in [4.78, 5) is 36.0. The SMILES string of the molecule is COC(=O)c1ccc(NCC(=O)Nc2ccc(C(=O)Nc3ccc(OC)cc3)cc2)cc1. The first kappa shape index (κ1) is 22.4. The van der Waals surface area contributed by atoms with Crippen LogP contribution in [0.15, 0.2) is 72.8 Å². The third-order valence-electron chi connectivity index (χ3n) is 4.54. The topological polar surface area (TPSA) is 106 Å². The van der Waals surface area contributed by atoms with Gasteiger partial charge in [0.15, 0.2) is 0 Å². The molecule has 8 nitrogen and oxygen atoms in total. The highest BCUT2D eigenvalue weighted by Crippen LogP contribution is 2.17. The number of benzene rings is 3. The van der Waals surface area contributed by atoms with Crippen molar-refractivity contribution in [3.8, 4) is 5.75 Å². The zero-order valence-corrected chi connectivity index (χ0v) is 17.7. The van der Waals surface area contributed by atoms with E-state index in [2.05, 4.69) is 20.7 Å². The number of esters is 1. The molecule has 0 atom stereocenters. The van der Waals surface area contributed by atoms with E-state index in [1.165, 1.54) is 7.11 Å². The number of hydrogen-bond donors (Lipinski definition) is 3. The first-order chi connectivity index (χ1) is 15.5. The molecular formula is C24H23N3O5. The second-order valence-corrected chi connectivity index (χ2v) is 6.73. The van der Waals surface area contributed by atoms with Crippen molar-refractivity contribution in [3.63, 3.8) is 0 Å². The van der Waals surface area contributed by atoms with Crippen LogP contribution in [-0.2, 0) is 9.53 Å². The molecule has 2 amide bonds. The van der Waals surface area contributed by atoms with Gasteiger partial charge in [0, 0.05) is 22.6 Å². The molecule has 0 radical (unpaired) electrons. The summed E-state index contributed by atoms with van der Waals surface area (Å²) in [5.74, 6) is -0.228. The third kappa shape index (κ3) is 6.09. The van der Waals surface area contributed by atoms with Gasteiger partial charge in [0.1, 0.15) is 5.75 Å². The van der Waals surface area contributed by atoms with Gasteiger partial charge in [-0.2, -0.15) is 0 Å². The quantitative estimate of drug-likeness (QED) is 0.467. The highest BCUT2D eigenvalue weighted by molar-refractivity contribution is 6.04. The fourth-order valence-corrected chi connectivity index (χ4v) is 2.81. The first-order valence-corrected chi connectivity index (χ1v) is 9.76. The van der Waals surface area contributed by atoms with Gasteiger partial charge in [-0.15, -0.1) is 0 Å². The van der Waals surface area contributed by atoms with Crippen LogP contribution in [0, 0.1) is 0 Å². The van der Waals surface area contributed by atoms with Crippen molar-refractivity contribution in [2.45, 2.75) is 0 Å². The summed E-state index contributed by atoms with van der Waals surface area (Å²) < 4.78 is 9.74. The van der Waals surface area contributed by atoms with E-state index < -0.39 is 5.97 Å². The van der Waals surface area contributed by atoms with Crippen LogP contribution < -0.4 is 20.7 Å². The van der Waals surface area contributed by atoms with E-state index in [1.54, 1.807) is 79.9 Å². The minimum Gasteiger partial charge on any atom is -0.497 e. The molecule has 0 saturated heterocycles. The molecule has 3 rings (SSSR count). The van der Waals surface area contributed by atoms with E-state index >= 15 is 0 Å². The van der Waals surface area contributed by atoms with Crippen LogP contribution in [0.25, 0.3) is 0 Å². The molecule has 3 N–H and O–H groups in total.